The molecule has 1 aliphatic rings. The van der Waals surface area contributed by atoms with Crippen LogP contribution in [0, 0.1) is 0 Å². The highest BCUT2D eigenvalue weighted by molar-refractivity contribution is 6.31. The van der Waals surface area contributed by atoms with E-state index < -0.39 is 23.4 Å². The molecular formula is C21H20ClN3O5. The van der Waals surface area contributed by atoms with Crippen LogP contribution in [0.5, 0.6) is 0 Å². The lowest BCUT2D eigenvalue weighted by Gasteiger charge is -2.15. The number of ether oxygens (including phenoxy) is 1. The van der Waals surface area contributed by atoms with Crippen LogP contribution in [-0.2, 0) is 16.1 Å². The third kappa shape index (κ3) is 5.36. The Hall–Kier alpha value is -3.39. The van der Waals surface area contributed by atoms with Gasteiger partial charge in [-0.05, 0) is 24.1 Å². The molecule has 2 heterocycles. The molecule has 9 heteroatoms. The Morgan fingerprint density at radius 3 is 2.70 bits per heavy atom. The van der Waals surface area contributed by atoms with Gasteiger partial charge in [0, 0.05) is 25.5 Å². The number of aliphatic imine (C=N–C) groups is 1. The molecule has 3 rings (SSSR count). The van der Waals surface area contributed by atoms with E-state index in [0.29, 0.717) is 19.5 Å². The van der Waals surface area contributed by atoms with Crippen molar-refractivity contribution in [2.24, 2.45) is 4.99 Å². The van der Waals surface area contributed by atoms with E-state index in [1.807, 2.05) is 30.3 Å². The maximum absolute atomic E-state index is 12.2. The minimum absolute atomic E-state index is 0.0182. The Kier molecular flexibility index (Phi) is 7.03. The molecule has 1 aromatic carbocycles. The molecular weight excluding hydrogens is 410 g/mol. The smallest absolute Gasteiger partial charge is 0.410 e. The van der Waals surface area contributed by atoms with E-state index in [9.17, 15) is 19.8 Å². The van der Waals surface area contributed by atoms with Gasteiger partial charge in [0.1, 0.15) is 23.1 Å². The number of rotatable bonds is 6. The van der Waals surface area contributed by atoms with Crippen molar-refractivity contribution in [1.29, 1.82) is 0 Å². The van der Waals surface area contributed by atoms with Gasteiger partial charge in [-0.1, -0.05) is 41.9 Å². The van der Waals surface area contributed by atoms with Crippen LogP contribution in [0.4, 0.5) is 4.79 Å². The normalized spacial score (nSPS) is 17.1. The van der Waals surface area contributed by atoms with Gasteiger partial charge in [-0.3, -0.25) is 4.99 Å². The molecule has 2 N–H and O–H groups in total. The van der Waals surface area contributed by atoms with Crippen LogP contribution >= 0.6 is 11.6 Å². The standard InChI is InChI=1S/C21H20ClN3O5/c22-19-16(7-4-9-23-19)18(26)17(20(27)28)11-24-15-8-10-25(12-15)21(29)30-13-14-5-2-1-3-6-14/h1-7,9,11,15,26H,8,10,12-13H2,(H,27,28). The van der Waals surface area contributed by atoms with E-state index in [1.165, 1.54) is 23.2 Å². The Labute approximate surface area is 178 Å². The number of benzene rings is 1. The molecule has 1 unspecified atom stereocenters. The van der Waals surface area contributed by atoms with Crippen molar-refractivity contribution >= 4 is 35.6 Å². The molecule has 1 saturated heterocycles. The number of aromatic nitrogens is 1. The highest BCUT2D eigenvalue weighted by Crippen LogP contribution is 2.22. The fourth-order valence-electron chi connectivity index (χ4n) is 2.95. The Morgan fingerprint density at radius 2 is 2.00 bits per heavy atom. The lowest BCUT2D eigenvalue weighted by Crippen LogP contribution is -2.29. The number of aliphatic hydroxyl groups is 1. The third-order valence-electron chi connectivity index (χ3n) is 4.54. The molecule has 1 atom stereocenters. The summed E-state index contributed by atoms with van der Waals surface area (Å²) < 4.78 is 5.30. The number of amides is 1. The highest BCUT2D eigenvalue weighted by Gasteiger charge is 2.27. The predicted molar refractivity (Wildman–Crippen MR) is 112 cm³/mol. The quantitative estimate of drug-likeness (QED) is 0.314. The predicted octanol–water partition coefficient (Wildman–Crippen LogP) is 3.57. The molecule has 8 nitrogen and oxygen atoms in total. The first kappa shape index (κ1) is 21.3. The van der Waals surface area contributed by atoms with Crippen LogP contribution in [0.15, 0.2) is 59.2 Å². The lowest BCUT2D eigenvalue weighted by atomic mass is 10.1. The molecule has 0 spiro atoms. The molecule has 1 amide bonds. The van der Waals surface area contributed by atoms with Gasteiger partial charge in [-0.15, -0.1) is 0 Å². The second-order valence-electron chi connectivity index (χ2n) is 6.62. The van der Waals surface area contributed by atoms with Crippen molar-refractivity contribution in [2.75, 3.05) is 13.1 Å². The summed E-state index contributed by atoms with van der Waals surface area (Å²) in [6.45, 7) is 0.920. The number of hydrogen-bond acceptors (Lipinski definition) is 6. The molecule has 2 aromatic rings. The Morgan fingerprint density at radius 1 is 1.23 bits per heavy atom. The number of aliphatic carboxylic acids is 1. The zero-order valence-corrected chi connectivity index (χ0v) is 16.7. The van der Waals surface area contributed by atoms with E-state index >= 15 is 0 Å². The number of hydrogen-bond donors (Lipinski definition) is 2. The summed E-state index contributed by atoms with van der Waals surface area (Å²) in [5.41, 5.74) is 0.580. The molecule has 1 aromatic heterocycles. The fraction of sp³-hybridized carbons (Fsp3) is 0.238. The summed E-state index contributed by atoms with van der Waals surface area (Å²) in [5, 5.41) is 19.7. The molecule has 0 saturated carbocycles. The largest absolute Gasteiger partial charge is 0.506 e. The molecule has 1 aliphatic heterocycles. The van der Waals surface area contributed by atoms with Crippen LogP contribution < -0.4 is 0 Å². The van der Waals surface area contributed by atoms with Gasteiger partial charge < -0.3 is 19.8 Å². The third-order valence-corrected chi connectivity index (χ3v) is 4.84. The van der Waals surface area contributed by atoms with Crippen molar-refractivity contribution in [2.45, 2.75) is 19.1 Å². The minimum atomic E-state index is -1.35. The maximum Gasteiger partial charge on any atom is 0.410 e. The summed E-state index contributed by atoms with van der Waals surface area (Å²) in [6.07, 6.45) is 2.62. The van der Waals surface area contributed by atoms with Crippen LogP contribution in [0.25, 0.3) is 5.76 Å². The molecule has 0 bridgehead atoms. The zero-order valence-electron chi connectivity index (χ0n) is 15.9. The summed E-state index contributed by atoms with van der Waals surface area (Å²) in [6, 6.07) is 12.0. The van der Waals surface area contributed by atoms with Gasteiger partial charge in [-0.2, -0.15) is 0 Å². The molecule has 156 valence electrons. The van der Waals surface area contributed by atoms with Crippen LogP contribution in [0.3, 0.4) is 0 Å². The van der Waals surface area contributed by atoms with Crippen molar-refractivity contribution in [3.8, 4) is 0 Å². The number of pyridine rings is 1. The number of halogens is 1. The molecule has 30 heavy (non-hydrogen) atoms. The number of aliphatic hydroxyl groups excluding tert-OH is 1. The van der Waals surface area contributed by atoms with Gasteiger partial charge in [0.15, 0.2) is 0 Å². The fourth-order valence-corrected chi connectivity index (χ4v) is 3.15. The van der Waals surface area contributed by atoms with Gasteiger partial charge in [0.2, 0.25) is 0 Å². The van der Waals surface area contributed by atoms with Crippen molar-refractivity contribution < 1.29 is 24.5 Å². The average Bonchev–Trinajstić information content (AvgIpc) is 3.22. The second kappa shape index (κ2) is 9.89. The first-order chi connectivity index (χ1) is 14.5. The number of carbonyl (C=O) groups is 2. The summed E-state index contributed by atoms with van der Waals surface area (Å²) >= 11 is 5.92. The van der Waals surface area contributed by atoms with E-state index in [-0.39, 0.29) is 23.4 Å². The monoisotopic (exact) mass is 429 g/mol. The van der Waals surface area contributed by atoms with Crippen LogP contribution in [-0.4, -0.2) is 57.5 Å². The summed E-state index contributed by atoms with van der Waals surface area (Å²) in [4.78, 5) is 33.4. The van der Waals surface area contributed by atoms with E-state index in [2.05, 4.69) is 9.98 Å². The number of likely N-dealkylation sites (tertiary alicyclic amines) is 1. The first-order valence-corrected chi connectivity index (χ1v) is 9.59. The second-order valence-corrected chi connectivity index (χ2v) is 6.97. The molecule has 0 radical (unpaired) electrons. The maximum atomic E-state index is 12.2. The average molecular weight is 430 g/mol. The number of carboxylic acids is 1. The summed E-state index contributed by atoms with van der Waals surface area (Å²) in [5.74, 6) is -1.88. The first-order valence-electron chi connectivity index (χ1n) is 9.22. The molecule has 1 fully saturated rings. The Bertz CT molecular complexity index is 978. The Balaban J connectivity index is 1.63. The van der Waals surface area contributed by atoms with Crippen molar-refractivity contribution in [3.63, 3.8) is 0 Å². The van der Waals surface area contributed by atoms with Gasteiger partial charge in [0.05, 0.1) is 11.6 Å². The van der Waals surface area contributed by atoms with E-state index in [4.69, 9.17) is 16.3 Å². The topological polar surface area (TPSA) is 112 Å². The van der Waals surface area contributed by atoms with Crippen molar-refractivity contribution in [3.05, 3.63) is 70.5 Å². The number of carbonyl (C=O) groups excluding carboxylic acids is 1. The highest BCUT2D eigenvalue weighted by atomic mass is 35.5. The number of nitrogens with zero attached hydrogens (tertiary/aromatic N) is 3. The summed E-state index contributed by atoms with van der Waals surface area (Å²) in [7, 11) is 0. The van der Waals surface area contributed by atoms with Crippen LogP contribution in [0.1, 0.15) is 17.5 Å². The zero-order chi connectivity index (χ0) is 21.5. The van der Waals surface area contributed by atoms with Gasteiger partial charge in [-0.25, -0.2) is 14.6 Å². The molecule has 0 aliphatic carbocycles. The minimum Gasteiger partial charge on any atom is -0.506 e. The SMILES string of the molecule is O=C(O)C(C=NC1CCN(C(=O)OCc2ccccc2)C1)=C(O)c1cccnc1Cl. The van der Waals surface area contributed by atoms with Gasteiger partial charge in [0.25, 0.3) is 0 Å². The van der Waals surface area contributed by atoms with Crippen LogP contribution in [0.2, 0.25) is 5.15 Å². The van der Waals surface area contributed by atoms with Gasteiger partial charge >= 0.3 is 12.1 Å². The lowest BCUT2D eigenvalue weighted by molar-refractivity contribution is -0.132. The van der Waals surface area contributed by atoms with Crippen molar-refractivity contribution in [1.82, 2.24) is 9.88 Å². The number of carboxylic acid groups (broad SMARTS) is 1. The van der Waals surface area contributed by atoms with E-state index in [1.54, 1.807) is 0 Å². The van der Waals surface area contributed by atoms with E-state index in [0.717, 1.165) is 11.8 Å².